The van der Waals surface area contributed by atoms with Crippen molar-refractivity contribution in [3.63, 3.8) is 0 Å². The van der Waals surface area contributed by atoms with Crippen LogP contribution in [0.3, 0.4) is 0 Å². The van der Waals surface area contributed by atoms with E-state index in [-0.39, 0.29) is 5.75 Å². The Morgan fingerprint density at radius 2 is 2.00 bits per heavy atom. The van der Waals surface area contributed by atoms with Crippen LogP contribution in [0.15, 0.2) is 42.6 Å². The lowest BCUT2D eigenvalue weighted by molar-refractivity contribution is 0.607. The van der Waals surface area contributed by atoms with Crippen LogP contribution in [0.1, 0.15) is 12.0 Å². The van der Waals surface area contributed by atoms with Gasteiger partial charge in [-0.2, -0.15) is 5.10 Å². The summed E-state index contributed by atoms with van der Waals surface area (Å²) in [5.41, 5.74) is 2.57. The molecule has 0 saturated heterocycles. The van der Waals surface area contributed by atoms with Crippen LogP contribution >= 0.6 is 0 Å². The van der Waals surface area contributed by atoms with E-state index in [1.807, 2.05) is 30.3 Å². The Balaban J connectivity index is 2.08. The van der Waals surface area contributed by atoms with Crippen molar-refractivity contribution < 1.29 is 8.42 Å². The molecule has 0 aliphatic carbocycles. The minimum absolute atomic E-state index is 0.219. The van der Waals surface area contributed by atoms with E-state index in [1.165, 1.54) is 0 Å². The molecule has 2 aromatic rings. The summed E-state index contributed by atoms with van der Waals surface area (Å²) in [6, 6.07) is 9.35. The first-order valence-corrected chi connectivity index (χ1v) is 7.35. The van der Waals surface area contributed by atoms with Crippen LogP contribution in [0.4, 0.5) is 0 Å². The third kappa shape index (κ3) is 1.86. The molecule has 5 heteroatoms. The van der Waals surface area contributed by atoms with Crippen LogP contribution < -0.4 is 0 Å². The molecule has 0 amide bonds. The molecular formula is C13H12N2O2S. The van der Waals surface area contributed by atoms with Gasteiger partial charge in [0, 0.05) is 11.8 Å². The fraction of sp³-hybridized carbons (Fsp3) is 0.154. The Morgan fingerprint density at radius 1 is 1.17 bits per heavy atom. The highest BCUT2D eigenvalue weighted by Gasteiger charge is 2.24. The van der Waals surface area contributed by atoms with Crippen LogP contribution in [-0.2, 0) is 9.84 Å². The van der Waals surface area contributed by atoms with E-state index in [9.17, 15) is 8.42 Å². The predicted molar refractivity (Wildman–Crippen MR) is 70.4 cm³/mol. The second-order valence-corrected chi connectivity index (χ2v) is 6.30. The summed E-state index contributed by atoms with van der Waals surface area (Å²) in [4.78, 5) is 0.448. The van der Waals surface area contributed by atoms with Gasteiger partial charge < -0.3 is 0 Å². The van der Waals surface area contributed by atoms with Gasteiger partial charge in [0.15, 0.2) is 9.84 Å². The average Bonchev–Trinajstić information content (AvgIpc) is 2.98. The van der Waals surface area contributed by atoms with E-state index >= 15 is 0 Å². The van der Waals surface area contributed by atoms with Gasteiger partial charge in [-0.15, -0.1) is 0 Å². The van der Waals surface area contributed by atoms with Crippen LogP contribution in [0, 0.1) is 0 Å². The van der Waals surface area contributed by atoms with Crippen molar-refractivity contribution in [1.29, 1.82) is 0 Å². The number of benzene rings is 1. The van der Waals surface area contributed by atoms with E-state index < -0.39 is 9.84 Å². The Labute approximate surface area is 105 Å². The molecule has 0 spiro atoms. The number of allylic oxidation sites excluding steroid dienone is 1. The van der Waals surface area contributed by atoms with Crippen molar-refractivity contribution in [3.05, 3.63) is 48.2 Å². The van der Waals surface area contributed by atoms with Crippen molar-refractivity contribution in [3.8, 4) is 11.3 Å². The average molecular weight is 260 g/mol. The maximum absolute atomic E-state index is 11.9. The molecule has 0 fully saturated rings. The smallest absolute Gasteiger partial charge is 0.178 e. The highest BCUT2D eigenvalue weighted by atomic mass is 32.2. The Kier molecular flexibility index (Phi) is 2.56. The Morgan fingerprint density at radius 3 is 2.67 bits per heavy atom. The van der Waals surface area contributed by atoms with Gasteiger partial charge in [0.1, 0.15) is 0 Å². The lowest BCUT2D eigenvalue weighted by Crippen LogP contribution is -2.01. The lowest BCUT2D eigenvalue weighted by Gasteiger charge is -2.05. The molecule has 1 aromatic heterocycles. The molecule has 0 radical (unpaired) electrons. The fourth-order valence-corrected chi connectivity index (χ4v) is 3.64. The normalized spacial score (nSPS) is 17.7. The summed E-state index contributed by atoms with van der Waals surface area (Å²) in [6.45, 7) is 0. The molecule has 1 aliphatic heterocycles. The summed E-state index contributed by atoms with van der Waals surface area (Å²) in [6.07, 6.45) is 4.07. The number of sulfone groups is 1. The SMILES string of the molecule is O=S1(=O)CCC=C1c1cccc(-c2ccn[nH]2)c1. The molecular weight excluding hydrogens is 248 g/mol. The first-order valence-electron chi connectivity index (χ1n) is 5.70. The largest absolute Gasteiger partial charge is 0.278 e. The topological polar surface area (TPSA) is 62.8 Å². The van der Waals surface area contributed by atoms with Crippen LogP contribution in [0.5, 0.6) is 0 Å². The standard InChI is InChI=1S/C13H12N2O2S/c16-18(17)8-2-5-13(18)11-4-1-3-10(9-11)12-6-7-14-15-12/h1,3-7,9H,2,8H2,(H,14,15). The maximum atomic E-state index is 11.9. The number of hydrogen-bond donors (Lipinski definition) is 1. The number of H-pyrrole nitrogens is 1. The van der Waals surface area contributed by atoms with Gasteiger partial charge in [-0.1, -0.05) is 24.3 Å². The number of nitrogens with zero attached hydrogens (tertiary/aromatic N) is 1. The monoisotopic (exact) mass is 260 g/mol. The van der Waals surface area contributed by atoms with Gasteiger partial charge in [0.2, 0.25) is 0 Å². The molecule has 0 bridgehead atoms. The quantitative estimate of drug-likeness (QED) is 0.900. The molecule has 0 unspecified atom stereocenters. The van der Waals surface area contributed by atoms with Crippen LogP contribution in [0.2, 0.25) is 0 Å². The molecule has 0 saturated carbocycles. The van der Waals surface area contributed by atoms with Crippen molar-refractivity contribution >= 4 is 14.7 Å². The summed E-state index contributed by atoms with van der Waals surface area (Å²) in [5, 5.41) is 6.77. The number of aromatic nitrogens is 2. The highest BCUT2D eigenvalue weighted by molar-refractivity contribution is 8.00. The fourth-order valence-electron chi connectivity index (χ4n) is 2.14. The molecule has 4 nitrogen and oxygen atoms in total. The number of hydrogen-bond acceptors (Lipinski definition) is 3. The molecule has 92 valence electrons. The third-order valence-corrected chi connectivity index (χ3v) is 4.86. The maximum Gasteiger partial charge on any atom is 0.178 e. The molecule has 18 heavy (non-hydrogen) atoms. The zero-order valence-corrected chi connectivity index (χ0v) is 10.4. The number of rotatable bonds is 2. The minimum Gasteiger partial charge on any atom is -0.278 e. The van der Waals surface area contributed by atoms with Crippen LogP contribution in [-0.4, -0.2) is 24.4 Å². The Bertz CT molecular complexity index is 700. The van der Waals surface area contributed by atoms with Gasteiger partial charge in [-0.25, -0.2) is 8.42 Å². The molecule has 0 atom stereocenters. The molecule has 2 heterocycles. The van der Waals surface area contributed by atoms with E-state index in [4.69, 9.17) is 0 Å². The summed E-state index contributed by atoms with van der Waals surface area (Å²) in [7, 11) is -3.09. The van der Waals surface area contributed by atoms with Crippen LogP contribution in [0.25, 0.3) is 16.2 Å². The van der Waals surface area contributed by atoms with Crippen molar-refractivity contribution in [2.24, 2.45) is 0 Å². The highest BCUT2D eigenvalue weighted by Crippen LogP contribution is 2.30. The van der Waals surface area contributed by atoms with Gasteiger partial charge in [-0.05, 0) is 24.1 Å². The van der Waals surface area contributed by atoms with E-state index in [0.717, 1.165) is 16.8 Å². The molecule has 1 aliphatic rings. The van der Waals surface area contributed by atoms with Gasteiger partial charge in [0.05, 0.1) is 16.4 Å². The third-order valence-electron chi connectivity index (χ3n) is 3.01. The molecule has 1 N–H and O–H groups in total. The summed E-state index contributed by atoms with van der Waals surface area (Å²) >= 11 is 0. The van der Waals surface area contributed by atoms with E-state index in [2.05, 4.69) is 10.2 Å². The summed E-state index contributed by atoms with van der Waals surface area (Å²) in [5.74, 6) is 0.219. The first-order chi connectivity index (χ1) is 8.67. The Hall–Kier alpha value is -1.88. The zero-order valence-electron chi connectivity index (χ0n) is 9.63. The molecule has 1 aromatic carbocycles. The van der Waals surface area contributed by atoms with Gasteiger partial charge in [-0.3, -0.25) is 5.10 Å². The van der Waals surface area contributed by atoms with E-state index in [0.29, 0.717) is 11.3 Å². The van der Waals surface area contributed by atoms with Gasteiger partial charge in [0.25, 0.3) is 0 Å². The first kappa shape index (κ1) is 11.2. The predicted octanol–water partition coefficient (Wildman–Crippen LogP) is 2.24. The molecule has 3 rings (SSSR count). The van der Waals surface area contributed by atoms with Gasteiger partial charge >= 0.3 is 0 Å². The zero-order chi connectivity index (χ0) is 12.6. The van der Waals surface area contributed by atoms with Crippen molar-refractivity contribution in [2.45, 2.75) is 6.42 Å². The number of nitrogens with one attached hydrogen (secondary N) is 1. The second kappa shape index (κ2) is 4.10. The lowest BCUT2D eigenvalue weighted by atomic mass is 10.1. The van der Waals surface area contributed by atoms with E-state index in [1.54, 1.807) is 12.3 Å². The second-order valence-electron chi connectivity index (χ2n) is 4.23. The van der Waals surface area contributed by atoms with Crippen molar-refractivity contribution in [2.75, 3.05) is 5.75 Å². The number of aromatic amines is 1. The minimum atomic E-state index is -3.09. The van der Waals surface area contributed by atoms with Crippen molar-refractivity contribution in [1.82, 2.24) is 10.2 Å². The summed E-state index contributed by atoms with van der Waals surface area (Å²) < 4.78 is 23.7.